The van der Waals surface area contributed by atoms with E-state index >= 15 is 0 Å². The van der Waals surface area contributed by atoms with Gasteiger partial charge in [0.15, 0.2) is 11.5 Å². The van der Waals surface area contributed by atoms with E-state index in [0.717, 1.165) is 16.5 Å². The Morgan fingerprint density at radius 2 is 1.26 bits per heavy atom. The van der Waals surface area contributed by atoms with Gasteiger partial charge in [-0.1, -0.05) is 84.0 Å². The quantitative estimate of drug-likeness (QED) is 0.404. The van der Waals surface area contributed by atoms with E-state index in [9.17, 15) is 0 Å². The predicted octanol–water partition coefficient (Wildman–Crippen LogP) is 8.06. The van der Waals surface area contributed by atoms with Crippen molar-refractivity contribution in [3.63, 3.8) is 0 Å². The minimum absolute atomic E-state index is 0.132. The SMILES string of the molecule is CC.CC.CC.c1ccc2c(c1)N=Nc1c(ccc3ccccc13)OCO2. The Kier molecular flexibility index (Phi) is 10.2. The highest BCUT2D eigenvalue weighted by molar-refractivity contribution is 5.95. The third kappa shape index (κ3) is 5.55. The maximum absolute atomic E-state index is 5.70. The fourth-order valence-electron chi connectivity index (χ4n) is 2.38. The Morgan fingerprint density at radius 3 is 2.04 bits per heavy atom. The van der Waals surface area contributed by atoms with Crippen molar-refractivity contribution in [1.82, 2.24) is 0 Å². The topological polar surface area (TPSA) is 43.2 Å². The molecule has 4 nitrogen and oxygen atoms in total. The minimum atomic E-state index is 0.132. The van der Waals surface area contributed by atoms with Gasteiger partial charge in [0.25, 0.3) is 0 Å². The zero-order valence-corrected chi connectivity index (χ0v) is 17.2. The van der Waals surface area contributed by atoms with Crippen LogP contribution in [0.4, 0.5) is 11.4 Å². The van der Waals surface area contributed by atoms with E-state index < -0.39 is 0 Å². The molecule has 0 spiro atoms. The number of hydrogen-bond donors (Lipinski definition) is 0. The van der Waals surface area contributed by atoms with Gasteiger partial charge in [0.2, 0.25) is 6.79 Å². The summed E-state index contributed by atoms with van der Waals surface area (Å²) in [6.07, 6.45) is 0. The molecule has 1 aliphatic rings. The molecule has 4 heteroatoms. The smallest absolute Gasteiger partial charge is 0.231 e. The monoisotopic (exact) mass is 366 g/mol. The zero-order chi connectivity index (χ0) is 20.1. The molecule has 0 saturated heterocycles. The molecule has 4 rings (SSSR count). The van der Waals surface area contributed by atoms with Gasteiger partial charge in [-0.25, -0.2) is 0 Å². The van der Waals surface area contributed by atoms with Gasteiger partial charge < -0.3 is 9.47 Å². The van der Waals surface area contributed by atoms with Crippen molar-refractivity contribution >= 4 is 22.1 Å². The molecule has 0 unspecified atom stereocenters. The van der Waals surface area contributed by atoms with Crippen molar-refractivity contribution in [3.05, 3.63) is 60.7 Å². The normalized spacial score (nSPS) is 10.9. The third-order valence-electron chi connectivity index (χ3n) is 3.42. The number of benzene rings is 3. The largest absolute Gasteiger partial charge is 0.455 e. The lowest BCUT2D eigenvalue weighted by molar-refractivity contribution is 0.121. The molecule has 3 aromatic rings. The van der Waals surface area contributed by atoms with E-state index in [4.69, 9.17) is 9.47 Å². The van der Waals surface area contributed by atoms with Crippen molar-refractivity contribution < 1.29 is 9.47 Å². The molecular formula is C23H30N2O2. The Labute approximate surface area is 162 Å². The summed E-state index contributed by atoms with van der Waals surface area (Å²) in [4.78, 5) is 0. The minimum Gasteiger partial charge on any atom is -0.455 e. The van der Waals surface area contributed by atoms with Crippen LogP contribution in [0.15, 0.2) is 70.9 Å². The number of fused-ring (bicyclic) bond motifs is 4. The maximum atomic E-state index is 5.70. The van der Waals surface area contributed by atoms with E-state index in [2.05, 4.69) is 10.2 Å². The third-order valence-corrected chi connectivity index (χ3v) is 3.42. The van der Waals surface area contributed by atoms with Crippen molar-refractivity contribution in [3.8, 4) is 11.5 Å². The lowest BCUT2D eigenvalue weighted by Gasteiger charge is -2.10. The molecule has 27 heavy (non-hydrogen) atoms. The Bertz CT molecular complexity index is 845. The molecule has 1 heterocycles. The second-order valence-corrected chi connectivity index (χ2v) is 4.71. The molecule has 0 bridgehead atoms. The van der Waals surface area contributed by atoms with Crippen LogP contribution in [0.2, 0.25) is 0 Å². The van der Waals surface area contributed by atoms with Crippen LogP contribution in [0.3, 0.4) is 0 Å². The van der Waals surface area contributed by atoms with Crippen molar-refractivity contribution in [2.45, 2.75) is 41.5 Å². The average molecular weight is 367 g/mol. The Hall–Kier alpha value is -2.88. The number of nitrogens with zero attached hydrogens (tertiary/aromatic N) is 2. The predicted molar refractivity (Wildman–Crippen MR) is 115 cm³/mol. The number of para-hydroxylation sites is 1. The van der Waals surface area contributed by atoms with Crippen LogP contribution < -0.4 is 9.47 Å². The molecule has 0 fully saturated rings. The fraction of sp³-hybridized carbons (Fsp3) is 0.304. The van der Waals surface area contributed by atoms with Crippen LogP contribution in [0, 0.1) is 0 Å². The molecule has 144 valence electrons. The number of rotatable bonds is 0. The van der Waals surface area contributed by atoms with Crippen LogP contribution >= 0.6 is 0 Å². The molecule has 0 saturated carbocycles. The molecule has 1 aliphatic heterocycles. The highest BCUT2D eigenvalue weighted by atomic mass is 16.7. The summed E-state index contributed by atoms with van der Waals surface area (Å²) in [5, 5.41) is 10.8. The standard InChI is InChI=1S/C17H12N2O2.3C2H6/c1-2-6-13-12(5-1)9-10-16-17(13)19-18-14-7-3-4-8-15(14)20-11-21-16;3*1-2/h1-10H,11H2;3*1-2H3. The summed E-state index contributed by atoms with van der Waals surface area (Å²) < 4.78 is 11.3. The van der Waals surface area contributed by atoms with Gasteiger partial charge in [-0.05, 0) is 23.6 Å². The van der Waals surface area contributed by atoms with Crippen LogP contribution in [0.5, 0.6) is 11.5 Å². The van der Waals surface area contributed by atoms with E-state index in [-0.39, 0.29) is 6.79 Å². The van der Waals surface area contributed by atoms with Crippen LogP contribution in [0.25, 0.3) is 10.8 Å². The number of ether oxygens (including phenoxy) is 2. The van der Waals surface area contributed by atoms with Crippen LogP contribution in [0.1, 0.15) is 41.5 Å². The van der Waals surface area contributed by atoms with E-state index in [0.29, 0.717) is 17.2 Å². The molecule has 0 atom stereocenters. The highest BCUT2D eigenvalue weighted by Gasteiger charge is 2.12. The summed E-state index contributed by atoms with van der Waals surface area (Å²) >= 11 is 0. The first-order valence-electron chi connectivity index (χ1n) is 9.70. The second-order valence-electron chi connectivity index (χ2n) is 4.71. The molecule has 0 aliphatic carbocycles. The Morgan fingerprint density at radius 1 is 0.630 bits per heavy atom. The van der Waals surface area contributed by atoms with Gasteiger partial charge in [-0.3, -0.25) is 0 Å². The maximum Gasteiger partial charge on any atom is 0.231 e. The van der Waals surface area contributed by atoms with Gasteiger partial charge in [0.1, 0.15) is 11.4 Å². The van der Waals surface area contributed by atoms with Gasteiger partial charge >= 0.3 is 0 Å². The lowest BCUT2D eigenvalue weighted by Crippen LogP contribution is -2.05. The summed E-state index contributed by atoms with van der Waals surface area (Å²) in [6.45, 7) is 12.1. The van der Waals surface area contributed by atoms with E-state index in [1.165, 1.54) is 0 Å². The fourth-order valence-corrected chi connectivity index (χ4v) is 2.38. The van der Waals surface area contributed by atoms with Crippen molar-refractivity contribution in [2.75, 3.05) is 6.79 Å². The highest BCUT2D eigenvalue weighted by Crippen LogP contribution is 2.39. The zero-order valence-electron chi connectivity index (χ0n) is 17.2. The summed E-state index contributed by atoms with van der Waals surface area (Å²) in [5.41, 5.74) is 1.43. The first-order chi connectivity index (χ1) is 13.4. The van der Waals surface area contributed by atoms with Gasteiger partial charge in [-0.15, -0.1) is 10.2 Å². The number of azo groups is 1. The van der Waals surface area contributed by atoms with Crippen LogP contribution in [-0.4, -0.2) is 6.79 Å². The van der Waals surface area contributed by atoms with Gasteiger partial charge in [-0.2, -0.15) is 0 Å². The first kappa shape index (κ1) is 22.2. The van der Waals surface area contributed by atoms with E-state index in [1.807, 2.05) is 102 Å². The van der Waals surface area contributed by atoms with Gasteiger partial charge in [0, 0.05) is 5.39 Å². The summed E-state index contributed by atoms with van der Waals surface area (Å²) in [7, 11) is 0. The summed E-state index contributed by atoms with van der Waals surface area (Å²) in [6, 6.07) is 19.5. The molecule has 0 amide bonds. The number of hydrogen-bond acceptors (Lipinski definition) is 4. The van der Waals surface area contributed by atoms with Crippen LogP contribution in [-0.2, 0) is 0 Å². The van der Waals surface area contributed by atoms with Gasteiger partial charge in [0.05, 0.1) is 0 Å². The second kappa shape index (κ2) is 12.5. The molecule has 0 N–H and O–H groups in total. The molecule has 0 aromatic heterocycles. The molecular weight excluding hydrogens is 336 g/mol. The molecule has 3 aromatic carbocycles. The lowest BCUT2D eigenvalue weighted by atomic mass is 10.1. The Balaban J connectivity index is 0.000000556. The van der Waals surface area contributed by atoms with Crippen molar-refractivity contribution in [1.29, 1.82) is 0 Å². The van der Waals surface area contributed by atoms with E-state index in [1.54, 1.807) is 0 Å². The van der Waals surface area contributed by atoms with Crippen molar-refractivity contribution in [2.24, 2.45) is 10.2 Å². The summed E-state index contributed by atoms with van der Waals surface area (Å²) in [5.74, 6) is 1.34. The average Bonchev–Trinajstić information content (AvgIpc) is 2.86. The molecule has 0 radical (unpaired) electrons. The first-order valence-corrected chi connectivity index (χ1v) is 9.70.